The van der Waals surface area contributed by atoms with Crippen LogP contribution in [0.4, 0.5) is 0 Å². The van der Waals surface area contributed by atoms with E-state index >= 15 is 0 Å². The third-order valence-electron chi connectivity index (χ3n) is 3.34. The Balaban J connectivity index is 2.23. The van der Waals surface area contributed by atoms with E-state index in [1.807, 2.05) is 44.2 Å². The summed E-state index contributed by atoms with van der Waals surface area (Å²) >= 11 is 0. The fraction of sp³-hybridized carbons (Fsp3) is 0.333. The van der Waals surface area contributed by atoms with Crippen LogP contribution in [0.1, 0.15) is 35.3 Å². The first-order chi connectivity index (χ1) is 9.60. The number of aliphatic hydroxyl groups is 1. The van der Waals surface area contributed by atoms with Crippen LogP contribution in [0.15, 0.2) is 42.5 Å². The molecule has 20 heavy (non-hydrogen) atoms. The van der Waals surface area contributed by atoms with Gasteiger partial charge in [-0.1, -0.05) is 41.5 Å². The molecule has 0 bridgehead atoms. The van der Waals surface area contributed by atoms with E-state index in [4.69, 9.17) is 4.74 Å². The van der Waals surface area contributed by atoms with E-state index < -0.39 is 6.10 Å². The van der Waals surface area contributed by atoms with Gasteiger partial charge in [-0.3, -0.25) is 0 Å². The highest BCUT2D eigenvalue weighted by molar-refractivity contribution is 5.39. The molecular weight excluding hydrogens is 248 g/mol. The van der Waals surface area contributed by atoms with Gasteiger partial charge in [-0.15, -0.1) is 0 Å². The molecule has 0 heterocycles. The molecule has 106 valence electrons. The Morgan fingerprint density at radius 3 is 2.50 bits per heavy atom. The molecule has 0 amide bonds. The lowest BCUT2D eigenvalue weighted by Crippen LogP contribution is -2.06. The SMILES string of the molecule is CCOc1ccc(C)cc1C(O)Cc1cccc(C)c1. The van der Waals surface area contributed by atoms with Gasteiger partial charge in [-0.25, -0.2) is 0 Å². The molecule has 0 radical (unpaired) electrons. The lowest BCUT2D eigenvalue weighted by molar-refractivity contribution is 0.172. The largest absolute Gasteiger partial charge is 0.493 e. The summed E-state index contributed by atoms with van der Waals surface area (Å²) in [5.41, 5.74) is 4.35. The van der Waals surface area contributed by atoms with Crippen molar-refractivity contribution >= 4 is 0 Å². The Bertz CT molecular complexity index is 575. The van der Waals surface area contributed by atoms with Gasteiger partial charge in [-0.2, -0.15) is 0 Å². The summed E-state index contributed by atoms with van der Waals surface area (Å²) in [4.78, 5) is 0. The lowest BCUT2D eigenvalue weighted by Gasteiger charge is -2.17. The molecule has 2 nitrogen and oxygen atoms in total. The maximum atomic E-state index is 10.5. The van der Waals surface area contributed by atoms with Crippen molar-refractivity contribution in [3.05, 3.63) is 64.7 Å². The summed E-state index contributed by atoms with van der Waals surface area (Å²) in [6.07, 6.45) is 0.0591. The minimum atomic E-state index is -0.543. The minimum absolute atomic E-state index is 0.543. The van der Waals surface area contributed by atoms with Crippen LogP contribution in [-0.2, 0) is 6.42 Å². The number of aliphatic hydroxyl groups excluding tert-OH is 1. The molecule has 2 aromatic rings. The molecule has 0 aliphatic carbocycles. The monoisotopic (exact) mass is 270 g/mol. The predicted octanol–water partition coefficient (Wildman–Crippen LogP) is 3.98. The van der Waals surface area contributed by atoms with E-state index in [-0.39, 0.29) is 0 Å². The van der Waals surface area contributed by atoms with Gasteiger partial charge in [0.25, 0.3) is 0 Å². The fourth-order valence-corrected chi connectivity index (χ4v) is 2.39. The quantitative estimate of drug-likeness (QED) is 0.890. The Kier molecular flexibility index (Phi) is 4.80. The van der Waals surface area contributed by atoms with Gasteiger partial charge in [-0.05, 0) is 38.5 Å². The first kappa shape index (κ1) is 14.6. The van der Waals surface area contributed by atoms with Gasteiger partial charge >= 0.3 is 0 Å². The molecule has 1 unspecified atom stereocenters. The molecule has 0 saturated carbocycles. The highest BCUT2D eigenvalue weighted by Gasteiger charge is 2.14. The molecule has 0 aliphatic heterocycles. The maximum absolute atomic E-state index is 10.5. The Morgan fingerprint density at radius 2 is 1.80 bits per heavy atom. The highest BCUT2D eigenvalue weighted by atomic mass is 16.5. The molecule has 1 N–H and O–H groups in total. The van der Waals surface area contributed by atoms with Crippen LogP contribution in [0, 0.1) is 13.8 Å². The van der Waals surface area contributed by atoms with Crippen LogP contribution in [0.2, 0.25) is 0 Å². The molecule has 0 fully saturated rings. The topological polar surface area (TPSA) is 29.5 Å². The van der Waals surface area contributed by atoms with E-state index in [1.54, 1.807) is 0 Å². The normalized spacial score (nSPS) is 12.2. The summed E-state index contributed by atoms with van der Waals surface area (Å²) in [7, 11) is 0. The van der Waals surface area contributed by atoms with Gasteiger partial charge in [0.1, 0.15) is 5.75 Å². The van der Waals surface area contributed by atoms with Crippen molar-refractivity contribution in [2.24, 2.45) is 0 Å². The summed E-state index contributed by atoms with van der Waals surface area (Å²) in [5.74, 6) is 0.776. The number of benzene rings is 2. The smallest absolute Gasteiger partial charge is 0.125 e. The maximum Gasteiger partial charge on any atom is 0.125 e. The Labute approximate surface area is 121 Å². The zero-order valence-electron chi connectivity index (χ0n) is 12.4. The minimum Gasteiger partial charge on any atom is -0.493 e. The molecule has 2 heteroatoms. The molecular formula is C18H22O2. The van der Waals surface area contributed by atoms with Crippen molar-refractivity contribution in [2.45, 2.75) is 33.3 Å². The number of aryl methyl sites for hydroxylation is 2. The van der Waals surface area contributed by atoms with Gasteiger partial charge in [0, 0.05) is 12.0 Å². The van der Waals surface area contributed by atoms with Crippen LogP contribution in [0.5, 0.6) is 5.75 Å². The highest BCUT2D eigenvalue weighted by Crippen LogP contribution is 2.29. The molecule has 2 aromatic carbocycles. The summed E-state index contributed by atoms with van der Waals surface area (Å²) < 4.78 is 5.61. The van der Waals surface area contributed by atoms with Crippen molar-refractivity contribution in [3.63, 3.8) is 0 Å². The van der Waals surface area contributed by atoms with Crippen molar-refractivity contribution in [1.82, 2.24) is 0 Å². The van der Waals surface area contributed by atoms with Gasteiger partial charge in [0.05, 0.1) is 12.7 Å². The van der Waals surface area contributed by atoms with Crippen LogP contribution < -0.4 is 4.74 Å². The third kappa shape index (κ3) is 3.61. The molecule has 0 saturated heterocycles. The predicted molar refractivity (Wildman–Crippen MR) is 82.2 cm³/mol. The van der Waals surface area contributed by atoms with Crippen molar-refractivity contribution < 1.29 is 9.84 Å². The lowest BCUT2D eigenvalue weighted by atomic mass is 9.98. The van der Waals surface area contributed by atoms with Gasteiger partial charge in [0.15, 0.2) is 0 Å². The van der Waals surface area contributed by atoms with Crippen LogP contribution in [-0.4, -0.2) is 11.7 Å². The molecule has 0 spiro atoms. The van der Waals surface area contributed by atoms with E-state index in [9.17, 15) is 5.11 Å². The first-order valence-electron chi connectivity index (χ1n) is 7.07. The van der Waals surface area contributed by atoms with Crippen LogP contribution in [0.3, 0.4) is 0 Å². The van der Waals surface area contributed by atoms with E-state index in [1.165, 1.54) is 5.56 Å². The van der Waals surface area contributed by atoms with Crippen molar-refractivity contribution in [2.75, 3.05) is 6.61 Å². The second-order valence-corrected chi connectivity index (χ2v) is 5.18. The fourth-order valence-electron chi connectivity index (χ4n) is 2.39. The average Bonchev–Trinajstić information content (AvgIpc) is 2.41. The van der Waals surface area contributed by atoms with Crippen molar-refractivity contribution in [1.29, 1.82) is 0 Å². The van der Waals surface area contributed by atoms with Crippen molar-refractivity contribution in [3.8, 4) is 5.75 Å². The van der Waals surface area contributed by atoms with Gasteiger partial charge < -0.3 is 9.84 Å². The first-order valence-corrected chi connectivity index (χ1v) is 7.07. The number of hydrogen-bond acceptors (Lipinski definition) is 2. The summed E-state index contributed by atoms with van der Waals surface area (Å²) in [6, 6.07) is 14.2. The molecule has 0 aromatic heterocycles. The van der Waals surface area contributed by atoms with E-state index in [2.05, 4.69) is 19.1 Å². The second kappa shape index (κ2) is 6.58. The zero-order valence-corrected chi connectivity index (χ0v) is 12.4. The van der Waals surface area contributed by atoms with Gasteiger partial charge in [0.2, 0.25) is 0 Å². The van der Waals surface area contributed by atoms with E-state index in [0.717, 1.165) is 22.4 Å². The molecule has 1 atom stereocenters. The molecule has 2 rings (SSSR count). The van der Waals surface area contributed by atoms with Crippen LogP contribution >= 0.6 is 0 Å². The van der Waals surface area contributed by atoms with E-state index in [0.29, 0.717) is 13.0 Å². The summed E-state index contributed by atoms with van der Waals surface area (Å²) in [5, 5.41) is 10.5. The third-order valence-corrected chi connectivity index (χ3v) is 3.34. The molecule has 0 aliphatic rings. The average molecular weight is 270 g/mol. The number of ether oxygens (including phenoxy) is 1. The van der Waals surface area contributed by atoms with Crippen LogP contribution in [0.25, 0.3) is 0 Å². The second-order valence-electron chi connectivity index (χ2n) is 5.18. The number of rotatable bonds is 5. The number of hydrogen-bond donors (Lipinski definition) is 1. The summed E-state index contributed by atoms with van der Waals surface area (Å²) in [6.45, 7) is 6.65. The standard InChI is InChI=1S/C18H22O2/c1-4-20-18-9-8-14(3)11-16(18)17(19)12-15-7-5-6-13(2)10-15/h5-11,17,19H,4,12H2,1-3H3. The Hall–Kier alpha value is -1.80. The Morgan fingerprint density at radius 1 is 1.05 bits per heavy atom. The zero-order chi connectivity index (χ0) is 14.5.